The van der Waals surface area contributed by atoms with Crippen molar-refractivity contribution in [2.24, 2.45) is 0 Å². The Bertz CT molecular complexity index is 963. The van der Waals surface area contributed by atoms with Gasteiger partial charge in [0.15, 0.2) is 0 Å². The van der Waals surface area contributed by atoms with Crippen LogP contribution in [0, 0.1) is 0 Å². The molecule has 158 valence electrons. The average molecular weight is 468 g/mol. The van der Waals surface area contributed by atoms with Gasteiger partial charge in [0, 0.05) is 50.0 Å². The molecule has 2 aromatic carbocycles. The van der Waals surface area contributed by atoms with Crippen LogP contribution < -0.4 is 9.80 Å². The molecule has 3 amide bonds. The number of hydrogen-bond acceptors (Lipinski definition) is 3. The number of carbonyl (C=O) groups excluding carboxylic acids is 2. The number of hydrogen-bond donors (Lipinski definition) is 0. The summed E-state index contributed by atoms with van der Waals surface area (Å²) in [6, 6.07) is 12.6. The average Bonchev–Trinajstić information content (AvgIpc) is 3.10. The molecule has 6 nitrogen and oxygen atoms in total. The molecule has 0 bridgehead atoms. The molecule has 0 aromatic heterocycles. The molecule has 0 unspecified atom stereocenters. The van der Waals surface area contributed by atoms with Crippen LogP contribution in [0.2, 0.25) is 15.1 Å². The van der Waals surface area contributed by atoms with Gasteiger partial charge in [-0.05, 0) is 30.3 Å². The Morgan fingerprint density at radius 2 is 1.63 bits per heavy atom. The van der Waals surface area contributed by atoms with Crippen LogP contribution in [0.5, 0.6) is 0 Å². The van der Waals surface area contributed by atoms with E-state index in [9.17, 15) is 9.59 Å². The van der Waals surface area contributed by atoms with Gasteiger partial charge in [0.25, 0.3) is 0 Å². The smallest absolute Gasteiger partial charge is 0.325 e. The fourth-order valence-electron chi connectivity index (χ4n) is 3.81. The van der Waals surface area contributed by atoms with Crippen LogP contribution in [0.3, 0.4) is 0 Å². The first kappa shape index (κ1) is 21.1. The lowest BCUT2D eigenvalue weighted by Crippen LogP contribution is -2.51. The fourth-order valence-corrected chi connectivity index (χ4v) is 4.41. The summed E-state index contributed by atoms with van der Waals surface area (Å²) in [5, 5.41) is 1.62. The molecule has 0 saturated carbocycles. The van der Waals surface area contributed by atoms with Crippen LogP contribution in [0.15, 0.2) is 42.5 Å². The molecule has 0 aliphatic carbocycles. The van der Waals surface area contributed by atoms with Crippen molar-refractivity contribution in [3.05, 3.63) is 57.5 Å². The predicted octanol–water partition coefficient (Wildman–Crippen LogP) is 4.24. The van der Waals surface area contributed by atoms with Gasteiger partial charge in [0.2, 0.25) is 5.91 Å². The molecule has 2 fully saturated rings. The van der Waals surface area contributed by atoms with Crippen LogP contribution in [-0.2, 0) is 4.79 Å². The van der Waals surface area contributed by atoms with E-state index < -0.39 is 0 Å². The molecule has 0 radical (unpaired) electrons. The van der Waals surface area contributed by atoms with Gasteiger partial charge in [-0.3, -0.25) is 9.69 Å². The molecule has 2 saturated heterocycles. The van der Waals surface area contributed by atoms with Gasteiger partial charge >= 0.3 is 6.03 Å². The Labute approximate surface area is 190 Å². The number of anilines is 2. The van der Waals surface area contributed by atoms with E-state index in [-0.39, 0.29) is 18.5 Å². The standard InChI is InChI=1S/C21H21Cl3N4O2/c22-15-3-1-4-16(13-15)28-12-11-27(21(28)30)14-19(29)26-9-7-25(8-10-26)18-6-2-5-17(23)20(18)24/h1-6,13H,7-12,14H2. The highest BCUT2D eigenvalue weighted by atomic mass is 35.5. The van der Waals surface area contributed by atoms with E-state index in [1.807, 2.05) is 24.3 Å². The lowest BCUT2D eigenvalue weighted by atomic mass is 10.2. The molecule has 0 N–H and O–H groups in total. The van der Waals surface area contributed by atoms with Crippen molar-refractivity contribution in [3.8, 4) is 0 Å². The minimum Gasteiger partial charge on any atom is -0.367 e. The third kappa shape index (κ3) is 4.31. The van der Waals surface area contributed by atoms with Crippen molar-refractivity contribution >= 4 is 58.1 Å². The first-order valence-electron chi connectivity index (χ1n) is 9.73. The van der Waals surface area contributed by atoms with Gasteiger partial charge in [-0.2, -0.15) is 0 Å². The molecule has 2 aliphatic heterocycles. The summed E-state index contributed by atoms with van der Waals surface area (Å²) in [6.45, 7) is 3.59. The number of urea groups is 1. The van der Waals surface area contributed by atoms with E-state index >= 15 is 0 Å². The van der Waals surface area contributed by atoms with Crippen LogP contribution in [0.25, 0.3) is 0 Å². The second-order valence-corrected chi connectivity index (χ2v) is 8.50. The Kier molecular flexibility index (Phi) is 6.27. The molecule has 30 heavy (non-hydrogen) atoms. The maximum Gasteiger partial charge on any atom is 0.325 e. The molecule has 2 aliphatic rings. The van der Waals surface area contributed by atoms with E-state index in [0.29, 0.717) is 54.3 Å². The summed E-state index contributed by atoms with van der Waals surface area (Å²) in [7, 11) is 0. The minimum absolute atomic E-state index is 0.0480. The van der Waals surface area contributed by atoms with Crippen molar-refractivity contribution in [1.82, 2.24) is 9.80 Å². The van der Waals surface area contributed by atoms with Gasteiger partial charge < -0.3 is 14.7 Å². The summed E-state index contributed by atoms with van der Waals surface area (Å²) in [5.74, 6) is -0.0480. The van der Waals surface area contributed by atoms with Crippen molar-refractivity contribution in [1.29, 1.82) is 0 Å². The Morgan fingerprint density at radius 3 is 2.37 bits per heavy atom. The number of amides is 3. The molecule has 0 spiro atoms. The third-order valence-electron chi connectivity index (χ3n) is 5.45. The van der Waals surface area contributed by atoms with Crippen molar-refractivity contribution in [2.45, 2.75) is 0 Å². The van der Waals surface area contributed by atoms with Crippen molar-refractivity contribution in [2.75, 3.05) is 55.6 Å². The second-order valence-electron chi connectivity index (χ2n) is 7.28. The van der Waals surface area contributed by atoms with Crippen LogP contribution in [0.1, 0.15) is 0 Å². The van der Waals surface area contributed by atoms with Gasteiger partial charge in [0.05, 0.1) is 15.7 Å². The minimum atomic E-state index is -0.171. The lowest BCUT2D eigenvalue weighted by molar-refractivity contribution is -0.131. The van der Waals surface area contributed by atoms with E-state index in [4.69, 9.17) is 34.8 Å². The molecule has 9 heteroatoms. The molecule has 2 aromatic rings. The first-order chi connectivity index (χ1) is 14.4. The van der Waals surface area contributed by atoms with E-state index in [1.54, 1.807) is 32.9 Å². The zero-order valence-corrected chi connectivity index (χ0v) is 18.5. The van der Waals surface area contributed by atoms with Crippen molar-refractivity contribution < 1.29 is 9.59 Å². The quantitative estimate of drug-likeness (QED) is 0.676. The predicted molar refractivity (Wildman–Crippen MR) is 121 cm³/mol. The zero-order valence-electron chi connectivity index (χ0n) is 16.2. The highest BCUT2D eigenvalue weighted by Gasteiger charge is 2.32. The summed E-state index contributed by atoms with van der Waals surface area (Å²) >= 11 is 18.5. The molecule has 4 rings (SSSR count). The SMILES string of the molecule is O=C(CN1CCN(c2cccc(Cl)c2)C1=O)N1CCN(c2cccc(Cl)c2Cl)CC1. The van der Waals surface area contributed by atoms with Gasteiger partial charge in [-0.1, -0.05) is 46.9 Å². The summed E-state index contributed by atoms with van der Waals surface area (Å²) in [5.41, 5.74) is 1.62. The molecule has 2 heterocycles. The lowest BCUT2D eigenvalue weighted by Gasteiger charge is -2.37. The van der Waals surface area contributed by atoms with E-state index in [1.165, 1.54) is 0 Å². The van der Waals surface area contributed by atoms with E-state index in [0.717, 1.165) is 11.4 Å². The monoisotopic (exact) mass is 466 g/mol. The highest BCUT2D eigenvalue weighted by molar-refractivity contribution is 6.43. The van der Waals surface area contributed by atoms with Gasteiger partial charge in [-0.15, -0.1) is 0 Å². The number of carbonyl (C=O) groups is 2. The molecule has 0 atom stereocenters. The van der Waals surface area contributed by atoms with Crippen LogP contribution in [0.4, 0.5) is 16.2 Å². The summed E-state index contributed by atoms with van der Waals surface area (Å²) in [6.07, 6.45) is 0. The Balaban J connectivity index is 1.33. The fraction of sp³-hybridized carbons (Fsp3) is 0.333. The van der Waals surface area contributed by atoms with Gasteiger partial charge in [-0.25, -0.2) is 4.79 Å². The topological polar surface area (TPSA) is 47.1 Å². The summed E-state index contributed by atoms with van der Waals surface area (Å²) < 4.78 is 0. The number of benzene rings is 2. The number of nitrogens with zero attached hydrogens (tertiary/aromatic N) is 4. The maximum absolute atomic E-state index is 12.8. The van der Waals surface area contributed by atoms with Crippen LogP contribution >= 0.6 is 34.8 Å². The molecular formula is C21H21Cl3N4O2. The third-order valence-corrected chi connectivity index (χ3v) is 6.49. The zero-order chi connectivity index (χ0) is 21.3. The summed E-state index contributed by atoms with van der Waals surface area (Å²) in [4.78, 5) is 32.7. The first-order valence-corrected chi connectivity index (χ1v) is 10.9. The second kappa shape index (κ2) is 8.92. The Morgan fingerprint density at radius 1 is 0.900 bits per heavy atom. The number of piperazine rings is 1. The molecular weight excluding hydrogens is 447 g/mol. The number of rotatable bonds is 4. The van der Waals surface area contributed by atoms with Crippen molar-refractivity contribution in [3.63, 3.8) is 0 Å². The number of halogens is 3. The van der Waals surface area contributed by atoms with Gasteiger partial charge in [0.1, 0.15) is 6.54 Å². The Hall–Kier alpha value is -2.15. The normalized spacial score (nSPS) is 17.1. The van der Waals surface area contributed by atoms with E-state index in [2.05, 4.69) is 4.90 Å². The largest absolute Gasteiger partial charge is 0.367 e. The maximum atomic E-state index is 12.8. The van der Waals surface area contributed by atoms with Crippen LogP contribution in [-0.4, -0.2) is 67.6 Å². The highest BCUT2D eigenvalue weighted by Crippen LogP contribution is 2.33.